The van der Waals surface area contributed by atoms with Crippen LogP contribution >= 0.6 is 0 Å². The molecule has 0 unspecified atom stereocenters. The average molecular weight is 318 g/mol. The fourth-order valence-corrected chi connectivity index (χ4v) is 2.69. The summed E-state index contributed by atoms with van der Waals surface area (Å²) in [5.41, 5.74) is 0.234. The lowest BCUT2D eigenvalue weighted by molar-refractivity contribution is 0.0755. The molecule has 0 spiro atoms. The predicted octanol–water partition coefficient (Wildman–Crippen LogP) is 0.287. The zero-order chi connectivity index (χ0) is 16.4. The maximum absolute atomic E-state index is 12.8. The first kappa shape index (κ1) is 15.1. The molecule has 122 valence electrons. The van der Waals surface area contributed by atoms with Crippen LogP contribution in [0.15, 0.2) is 23.0 Å². The number of nitrogens with one attached hydrogen (secondary N) is 1. The van der Waals surface area contributed by atoms with Crippen LogP contribution in [-0.4, -0.2) is 52.9 Å². The van der Waals surface area contributed by atoms with E-state index < -0.39 is 0 Å². The molecule has 3 rings (SSSR count). The van der Waals surface area contributed by atoms with Crippen molar-refractivity contribution in [2.45, 2.75) is 13.0 Å². The number of methoxy groups -OCH3 is 2. The molecule has 1 aromatic carbocycles. The van der Waals surface area contributed by atoms with Gasteiger partial charge in [0.1, 0.15) is 17.3 Å². The fourth-order valence-electron chi connectivity index (χ4n) is 2.69. The van der Waals surface area contributed by atoms with Gasteiger partial charge in [0, 0.05) is 32.1 Å². The molecule has 0 bridgehead atoms. The van der Waals surface area contributed by atoms with E-state index in [1.54, 1.807) is 34.8 Å². The number of hydrogen-bond donors (Lipinski definition) is 1. The zero-order valence-corrected chi connectivity index (χ0v) is 13.0. The minimum Gasteiger partial charge on any atom is -0.497 e. The second-order valence-corrected chi connectivity index (χ2v) is 5.21. The highest BCUT2D eigenvalue weighted by atomic mass is 16.5. The average Bonchev–Trinajstić information content (AvgIpc) is 2.81. The van der Waals surface area contributed by atoms with E-state index in [0.717, 1.165) is 0 Å². The molecule has 1 aliphatic rings. The molecule has 2 aromatic rings. The van der Waals surface area contributed by atoms with E-state index in [1.807, 2.05) is 0 Å². The molecule has 1 N–H and O–H groups in total. The van der Waals surface area contributed by atoms with Crippen molar-refractivity contribution in [3.63, 3.8) is 0 Å². The molecule has 0 saturated carbocycles. The van der Waals surface area contributed by atoms with Gasteiger partial charge in [-0.3, -0.25) is 9.36 Å². The van der Waals surface area contributed by atoms with Crippen LogP contribution in [0.2, 0.25) is 0 Å². The number of fused-ring (bicyclic) bond motifs is 1. The van der Waals surface area contributed by atoms with E-state index in [2.05, 4.69) is 10.2 Å². The van der Waals surface area contributed by atoms with Crippen LogP contribution in [0, 0.1) is 0 Å². The van der Waals surface area contributed by atoms with Crippen molar-refractivity contribution in [2.75, 3.05) is 27.3 Å². The Balaban J connectivity index is 1.83. The first-order valence-corrected chi connectivity index (χ1v) is 7.29. The standard InChI is InChI=1S/C15H18N4O4/c1-22-10-3-4-11(12(9-10)23-2)14(20)18-6-5-13-16-17-15(21)19(13)8-7-18/h3-4,9H,5-8H2,1-2H3,(H,17,21). The van der Waals surface area contributed by atoms with Gasteiger partial charge in [0.2, 0.25) is 0 Å². The van der Waals surface area contributed by atoms with Crippen molar-refractivity contribution in [2.24, 2.45) is 0 Å². The zero-order valence-electron chi connectivity index (χ0n) is 13.0. The predicted molar refractivity (Wildman–Crippen MR) is 82.0 cm³/mol. The summed E-state index contributed by atoms with van der Waals surface area (Å²) in [6.45, 7) is 1.37. The molecule has 1 aromatic heterocycles. The lowest BCUT2D eigenvalue weighted by Crippen LogP contribution is -2.34. The normalized spacial score (nSPS) is 14.1. The molecule has 8 nitrogen and oxygen atoms in total. The van der Waals surface area contributed by atoms with Crippen LogP contribution in [0.3, 0.4) is 0 Å². The second kappa shape index (κ2) is 6.15. The Bertz CT molecular complexity index is 780. The molecule has 0 atom stereocenters. The number of aromatic amines is 1. The molecule has 1 aliphatic heterocycles. The van der Waals surface area contributed by atoms with Crippen molar-refractivity contribution in [3.05, 3.63) is 40.1 Å². The molecule has 23 heavy (non-hydrogen) atoms. The molecule has 0 radical (unpaired) electrons. The number of H-pyrrole nitrogens is 1. The summed E-state index contributed by atoms with van der Waals surface area (Å²) < 4.78 is 12.0. The highest BCUT2D eigenvalue weighted by Crippen LogP contribution is 2.26. The number of nitrogens with zero attached hydrogens (tertiary/aromatic N) is 3. The summed E-state index contributed by atoms with van der Waals surface area (Å²) in [6, 6.07) is 5.10. The van der Waals surface area contributed by atoms with Crippen molar-refractivity contribution in [3.8, 4) is 11.5 Å². The first-order chi connectivity index (χ1) is 11.1. The van der Waals surface area contributed by atoms with E-state index in [-0.39, 0.29) is 11.6 Å². The minimum atomic E-state index is -0.240. The molecule has 1 amide bonds. The molecular formula is C15H18N4O4. The number of carbonyl (C=O) groups excluding carboxylic acids is 1. The van der Waals surface area contributed by atoms with Gasteiger partial charge in [-0.25, -0.2) is 9.89 Å². The number of amides is 1. The Morgan fingerprint density at radius 2 is 2.04 bits per heavy atom. The van der Waals surface area contributed by atoms with Crippen LogP contribution < -0.4 is 15.2 Å². The van der Waals surface area contributed by atoms with Gasteiger partial charge >= 0.3 is 5.69 Å². The van der Waals surface area contributed by atoms with Crippen LogP contribution in [-0.2, 0) is 13.0 Å². The molecule has 0 fully saturated rings. The summed E-state index contributed by atoms with van der Waals surface area (Å²) in [5, 5.41) is 6.42. The smallest absolute Gasteiger partial charge is 0.343 e. The summed E-state index contributed by atoms with van der Waals surface area (Å²) >= 11 is 0. The monoisotopic (exact) mass is 318 g/mol. The number of rotatable bonds is 3. The molecule has 0 aliphatic carbocycles. The van der Waals surface area contributed by atoms with Gasteiger partial charge in [-0.2, -0.15) is 5.10 Å². The van der Waals surface area contributed by atoms with Gasteiger partial charge in [-0.05, 0) is 12.1 Å². The number of hydrogen-bond acceptors (Lipinski definition) is 5. The third-order valence-corrected chi connectivity index (χ3v) is 3.96. The maximum atomic E-state index is 12.8. The lowest BCUT2D eigenvalue weighted by Gasteiger charge is -2.21. The number of aromatic nitrogens is 3. The first-order valence-electron chi connectivity index (χ1n) is 7.29. The van der Waals surface area contributed by atoms with Crippen LogP contribution in [0.5, 0.6) is 11.5 Å². The summed E-state index contributed by atoms with van der Waals surface area (Å²) in [5.74, 6) is 1.63. The summed E-state index contributed by atoms with van der Waals surface area (Å²) in [7, 11) is 3.08. The highest BCUT2D eigenvalue weighted by molar-refractivity contribution is 5.97. The second-order valence-electron chi connectivity index (χ2n) is 5.21. The number of ether oxygens (including phenoxy) is 2. The summed E-state index contributed by atoms with van der Waals surface area (Å²) in [4.78, 5) is 26.1. The lowest BCUT2D eigenvalue weighted by atomic mass is 10.1. The van der Waals surface area contributed by atoms with E-state index >= 15 is 0 Å². The molecule has 8 heteroatoms. The van der Waals surface area contributed by atoms with E-state index in [4.69, 9.17) is 9.47 Å². The third-order valence-electron chi connectivity index (χ3n) is 3.96. The van der Waals surface area contributed by atoms with Gasteiger partial charge in [0.15, 0.2) is 0 Å². The minimum absolute atomic E-state index is 0.133. The highest BCUT2D eigenvalue weighted by Gasteiger charge is 2.24. The quantitative estimate of drug-likeness (QED) is 0.878. The van der Waals surface area contributed by atoms with E-state index in [0.29, 0.717) is 48.9 Å². The van der Waals surface area contributed by atoms with E-state index in [1.165, 1.54) is 7.11 Å². The van der Waals surface area contributed by atoms with Gasteiger partial charge < -0.3 is 14.4 Å². The van der Waals surface area contributed by atoms with Gasteiger partial charge in [-0.1, -0.05) is 0 Å². The molecule has 0 saturated heterocycles. The Kier molecular flexibility index (Phi) is 4.05. The van der Waals surface area contributed by atoms with Crippen molar-refractivity contribution in [1.29, 1.82) is 0 Å². The van der Waals surface area contributed by atoms with Crippen LogP contribution in [0.25, 0.3) is 0 Å². The topological polar surface area (TPSA) is 89.5 Å². The van der Waals surface area contributed by atoms with E-state index in [9.17, 15) is 9.59 Å². The Hall–Kier alpha value is -2.77. The number of benzene rings is 1. The largest absolute Gasteiger partial charge is 0.497 e. The van der Waals surface area contributed by atoms with Gasteiger partial charge in [0.05, 0.1) is 19.8 Å². The SMILES string of the molecule is COc1ccc(C(=O)N2CCc3n[nH]c(=O)n3CC2)c(OC)c1. The molecule has 2 heterocycles. The van der Waals surface area contributed by atoms with Crippen molar-refractivity contribution in [1.82, 2.24) is 19.7 Å². The molecular weight excluding hydrogens is 300 g/mol. The summed E-state index contributed by atoms with van der Waals surface area (Å²) in [6.07, 6.45) is 0.531. The number of carbonyl (C=O) groups is 1. The maximum Gasteiger partial charge on any atom is 0.343 e. The Morgan fingerprint density at radius 3 is 2.78 bits per heavy atom. The van der Waals surface area contributed by atoms with Gasteiger partial charge in [0.25, 0.3) is 5.91 Å². The van der Waals surface area contributed by atoms with Crippen LogP contribution in [0.4, 0.5) is 0 Å². The Labute approximate surface area is 132 Å². The van der Waals surface area contributed by atoms with Crippen molar-refractivity contribution >= 4 is 5.91 Å². The third kappa shape index (κ3) is 2.79. The van der Waals surface area contributed by atoms with Crippen LogP contribution in [0.1, 0.15) is 16.2 Å². The fraction of sp³-hybridized carbons (Fsp3) is 0.400. The van der Waals surface area contributed by atoms with Gasteiger partial charge in [-0.15, -0.1) is 0 Å². The Morgan fingerprint density at radius 1 is 1.22 bits per heavy atom. The van der Waals surface area contributed by atoms with Crippen molar-refractivity contribution < 1.29 is 14.3 Å².